The number of hydrogen-bond acceptors (Lipinski definition) is 2. The molecular formula is C84H110BrFI10O2. The van der Waals surface area contributed by atoms with Gasteiger partial charge in [0.1, 0.15) is 0 Å². The van der Waals surface area contributed by atoms with Gasteiger partial charge in [0.25, 0.3) is 0 Å². The Balaban J connectivity index is 0.000000545. The van der Waals surface area contributed by atoms with Crippen molar-refractivity contribution in [3.05, 3.63) is 334 Å². The topological polar surface area (TPSA) is 40.5 Å². The number of benzene rings is 10. The fraction of sp³-hybridized carbons (Fsp3) is 0.250. The molecule has 14 heteroatoms. The average Bonchev–Trinajstić information content (AvgIpc) is 2.37. The third-order valence-electron chi connectivity index (χ3n) is 13.0. The van der Waals surface area contributed by atoms with E-state index < -0.39 is 139 Å². The van der Waals surface area contributed by atoms with Gasteiger partial charge in [0.2, 0.25) is 0 Å². The monoisotopic (exact) mass is 2520 g/mol. The number of rotatable bonds is 12. The Bertz CT molecular complexity index is 3540. The molecule has 0 saturated heterocycles. The molecular weight excluding hydrogens is 2410 g/mol. The van der Waals surface area contributed by atoms with Crippen LogP contribution in [0.3, 0.4) is 0 Å². The molecule has 0 aliphatic carbocycles. The van der Waals surface area contributed by atoms with Crippen LogP contribution in [-0.4, -0.2) is 92.8 Å². The molecule has 10 aromatic rings. The Hall–Kier alpha value is -0.560. The molecule has 0 bridgehead atoms. The van der Waals surface area contributed by atoms with Crippen molar-refractivity contribution in [2.45, 2.75) is 47.8 Å². The van der Waals surface area contributed by atoms with E-state index in [1.54, 1.807) is 17.9 Å². The van der Waals surface area contributed by atoms with Gasteiger partial charge in [-0.1, -0.05) is 124 Å². The minimum atomic E-state index is -0.870. The van der Waals surface area contributed by atoms with Gasteiger partial charge in [-0.25, -0.2) is 0 Å². The van der Waals surface area contributed by atoms with E-state index in [9.17, 15) is 4.39 Å². The first-order chi connectivity index (χ1) is 46.5. The van der Waals surface area contributed by atoms with Crippen molar-refractivity contribution in [1.29, 1.82) is 0 Å². The molecule has 0 spiro atoms. The Morgan fingerprint density at radius 1 is 0.286 bits per heavy atom. The molecule has 0 amide bonds. The van der Waals surface area contributed by atoms with Gasteiger partial charge in [0.15, 0.2) is 0 Å². The minimum absolute atomic E-state index is 0.0404. The molecule has 2 nitrogen and oxygen atoms in total. The number of aliphatic hydroxyl groups excluding tert-OH is 2. The van der Waals surface area contributed by atoms with E-state index in [1.807, 2.05) is 54.6 Å². The van der Waals surface area contributed by atoms with Crippen molar-refractivity contribution < 1.29 is 14.6 Å². The summed E-state index contributed by atoms with van der Waals surface area (Å²) in [6.07, 6.45) is 0. The molecule has 0 atom stereocenters. The fourth-order valence-electron chi connectivity index (χ4n) is 7.40. The molecule has 98 heavy (non-hydrogen) atoms. The zero-order valence-electron chi connectivity index (χ0n) is 61.1. The van der Waals surface area contributed by atoms with Crippen LogP contribution in [0.1, 0.15) is 38.9 Å². The molecule has 10 rings (SSSR count). The first-order valence-electron chi connectivity index (χ1n) is 30.5. The van der Waals surface area contributed by atoms with Crippen molar-refractivity contribution in [3.8, 4) is 0 Å². The van der Waals surface area contributed by atoms with Gasteiger partial charge >= 0.3 is 500 Å². The molecule has 0 radical (unpaired) electrons. The summed E-state index contributed by atoms with van der Waals surface area (Å²) in [5.41, 5.74) is 8.85. The predicted molar refractivity (Wildman–Crippen MR) is 539 cm³/mol. The van der Waals surface area contributed by atoms with Crippen LogP contribution in [0.15, 0.2) is 253 Å². The van der Waals surface area contributed by atoms with Crippen LogP contribution in [0.2, 0.25) is 0 Å². The van der Waals surface area contributed by atoms with Gasteiger partial charge in [-0.2, -0.15) is 0 Å². The molecule has 0 unspecified atom stereocenters. The molecule has 0 fully saturated rings. The van der Waals surface area contributed by atoms with E-state index in [2.05, 4.69) is 315 Å². The average molecular weight is 2520 g/mol. The second-order valence-electron chi connectivity index (χ2n) is 22.4. The Morgan fingerprint density at radius 2 is 0.551 bits per heavy atom. The Morgan fingerprint density at radius 3 is 0.837 bits per heavy atom. The third-order valence-corrected chi connectivity index (χ3v) is 40.6. The molecule has 0 saturated carbocycles. The number of aliphatic hydroxyl groups is 2. The SMILES string of the molecule is C=Ic1ccc(C)cc1.C=Ic1ccc(CO)cc1.C=Ic1ccccc1.CI(C)c1ccc(CO)cc1.CI(C)c1ccc(F)cc1.CI(C)c1cccc(Br)c1.CI(C)c1ccccc1.Cc1cc(C)cc(I(C)C)c1.Cc1ccc(I(C)C)cc1.Cc1ccc(I(C)C)cc1. The van der Waals surface area contributed by atoms with Crippen molar-refractivity contribution >= 4 is 230 Å². The number of halogens is 12. The van der Waals surface area contributed by atoms with Crippen LogP contribution in [0, 0.1) is 76.1 Å². The summed E-state index contributed by atoms with van der Waals surface area (Å²) < 4.78 is 40.0. The van der Waals surface area contributed by atoms with Crippen LogP contribution in [0.5, 0.6) is 0 Å². The molecule has 10 aromatic carbocycles. The Labute approximate surface area is 683 Å². The third kappa shape index (κ3) is 46.4. The summed E-state index contributed by atoms with van der Waals surface area (Å²) in [5.74, 6) is -0.138. The van der Waals surface area contributed by atoms with E-state index in [0.29, 0.717) is 0 Å². The standard InChI is InChI=1S/C10H15I.C9H13IO.2C9H13I.C8H10BrI.C8H10FI.C8H9IO.C8H9I.C8H11I.C7H7I/c1-8-5-9(2)7-10(6-8)11(3)4;1-10(2)9-5-3-8(7-11)4-6-9;2*1-8-4-6-9(7-5-8)10(2)3;1-10(2)8-5-3-4-7(9)6-8;1-10(2)8-5-3-7(9)4-6-8;1-9-8-4-2-7(6-10)3-5-8;1-7-3-5-8(9-2)6-4-7;1-9(2)8-6-4-3-5-7-8;1-8-7-5-3-2-4-6-7/h5-7H,1-4H3;3-6,11H,7H2,1-2H3;2*4-7H,1-3H3;2*3-6H,1-2H3;2-5,10H,1,6H2;3-6H,2H2,1H3;3-7H,1-2H3;2-6H,1H2. The van der Waals surface area contributed by atoms with E-state index in [4.69, 9.17) is 10.2 Å². The first kappa shape index (κ1) is 95.5. The summed E-state index contributed by atoms with van der Waals surface area (Å²) in [6.45, 7) is 11.0. The van der Waals surface area contributed by atoms with Crippen molar-refractivity contribution in [1.82, 2.24) is 0 Å². The van der Waals surface area contributed by atoms with Gasteiger partial charge in [-0.15, -0.1) is 0 Å². The van der Waals surface area contributed by atoms with Crippen molar-refractivity contribution in [2.75, 3.05) is 69.0 Å². The van der Waals surface area contributed by atoms with Crippen molar-refractivity contribution in [2.24, 2.45) is 0 Å². The van der Waals surface area contributed by atoms with Gasteiger partial charge in [0, 0.05) is 10.7 Å². The maximum atomic E-state index is 12.4. The predicted octanol–water partition coefficient (Wildman–Crippen LogP) is 26.6. The van der Waals surface area contributed by atoms with Gasteiger partial charge in [-0.3, -0.25) is 0 Å². The van der Waals surface area contributed by atoms with Crippen molar-refractivity contribution in [3.63, 3.8) is 0 Å². The van der Waals surface area contributed by atoms with Crippen LogP contribution in [0.25, 0.3) is 0 Å². The molecule has 0 aromatic heterocycles. The van der Waals surface area contributed by atoms with E-state index in [0.717, 1.165) is 11.1 Å². The summed E-state index contributed by atoms with van der Waals surface area (Å²) in [6, 6.07) is 86.2. The van der Waals surface area contributed by atoms with Crippen LogP contribution >= 0.6 is 217 Å². The van der Waals surface area contributed by atoms with E-state index in [1.165, 1.54) is 62.3 Å². The zero-order valence-corrected chi connectivity index (χ0v) is 84.3. The van der Waals surface area contributed by atoms with Crippen LogP contribution in [0.4, 0.5) is 4.39 Å². The molecule has 542 valence electrons. The summed E-state index contributed by atoms with van der Waals surface area (Å²) in [5, 5.41) is 17.5. The summed E-state index contributed by atoms with van der Waals surface area (Å²) in [4.78, 5) is 32.8. The molecule has 0 heterocycles. The first-order valence-corrected chi connectivity index (χ1v) is 76.9. The van der Waals surface area contributed by atoms with E-state index >= 15 is 0 Å². The molecule has 0 aliphatic heterocycles. The number of hydrogen-bond donors (Lipinski definition) is 2. The zero-order chi connectivity index (χ0) is 73.5. The Kier molecular flexibility index (Phi) is 56.2. The number of alkyl halides is 14. The maximum absolute atomic E-state index is 12.4. The fourth-order valence-corrected chi connectivity index (χ4v) is 24.0. The quantitative estimate of drug-likeness (QED) is 0.0945. The van der Waals surface area contributed by atoms with Gasteiger partial charge < -0.3 is 5.11 Å². The van der Waals surface area contributed by atoms with E-state index in [-0.39, 0.29) is 81.2 Å². The molecule has 0 aliphatic rings. The summed E-state index contributed by atoms with van der Waals surface area (Å²) in [7, 11) is 0. The normalized spacial score (nSPS) is 10.8. The second kappa shape index (κ2) is 57.7. The van der Waals surface area contributed by atoms with Crippen LogP contribution < -0.4 is 0 Å². The van der Waals surface area contributed by atoms with Crippen LogP contribution in [-0.2, 0) is 13.2 Å². The second-order valence-corrected chi connectivity index (χ2v) is 68.3. The summed E-state index contributed by atoms with van der Waals surface area (Å²) >= 11 is -1.72. The number of aryl methyl sites for hydroxylation is 5. The molecule has 2 N–H and O–H groups in total. The van der Waals surface area contributed by atoms with Gasteiger partial charge in [-0.05, 0) is 48.9 Å². The van der Waals surface area contributed by atoms with Gasteiger partial charge in [0.05, 0.1) is 6.61 Å².